The van der Waals surface area contributed by atoms with Gasteiger partial charge in [0.1, 0.15) is 13.1 Å². The van der Waals surface area contributed by atoms with Gasteiger partial charge in [-0.2, -0.15) is 0 Å². The summed E-state index contributed by atoms with van der Waals surface area (Å²) < 4.78 is 4.49. The summed E-state index contributed by atoms with van der Waals surface area (Å²) in [6, 6.07) is 0. The molecule has 0 fully saturated rings. The van der Waals surface area contributed by atoms with Crippen molar-refractivity contribution in [2.75, 3.05) is 52.9 Å². The summed E-state index contributed by atoms with van der Waals surface area (Å²) in [4.78, 5) is 71.9. The third-order valence-electron chi connectivity index (χ3n) is 5.24. The zero-order chi connectivity index (χ0) is 26.3. The number of carbonyl (C=O) groups excluding carboxylic acids is 6. The molecule has 0 aromatic rings. The fraction of sp³-hybridized carbons (Fsp3) is 0.619. The Labute approximate surface area is 199 Å². The molecule has 0 saturated heterocycles. The molecule has 13 nitrogen and oxygen atoms in total. The van der Waals surface area contributed by atoms with Crippen molar-refractivity contribution in [2.45, 2.75) is 27.2 Å². The standard InChI is InChI=1S/C21H36N6O7/c1-6-21(4,14(2)3)13-26-17(30)9-23-16(29)8-24-18(31)11-27(12-20(33)34-5)19(32)10-25-15(28)7-22/h2,6-13,22H2,1,3-5H3,(H,23,29)(H,24,31)(H,25,28)(H,26,30). The zero-order valence-electron chi connectivity index (χ0n) is 20.2. The summed E-state index contributed by atoms with van der Waals surface area (Å²) in [6.07, 6.45) is 0.788. The van der Waals surface area contributed by atoms with Gasteiger partial charge in [-0.05, 0) is 13.3 Å². The van der Waals surface area contributed by atoms with Crippen molar-refractivity contribution in [1.29, 1.82) is 0 Å². The number of rotatable bonds is 15. The molecule has 0 rings (SSSR count). The van der Waals surface area contributed by atoms with Gasteiger partial charge in [0.2, 0.25) is 29.5 Å². The van der Waals surface area contributed by atoms with Gasteiger partial charge in [0.25, 0.3) is 0 Å². The Morgan fingerprint density at radius 1 is 0.882 bits per heavy atom. The lowest BCUT2D eigenvalue weighted by atomic mass is 9.81. The van der Waals surface area contributed by atoms with E-state index in [-0.39, 0.29) is 18.5 Å². The molecule has 0 heterocycles. The lowest BCUT2D eigenvalue weighted by Crippen LogP contribution is -2.49. The van der Waals surface area contributed by atoms with Crippen LogP contribution < -0.4 is 27.0 Å². The number of esters is 1. The second kappa shape index (κ2) is 15.4. The zero-order valence-corrected chi connectivity index (χ0v) is 20.2. The Bertz CT molecular complexity index is 786. The van der Waals surface area contributed by atoms with E-state index in [0.717, 1.165) is 24.0 Å². The molecule has 5 amide bonds. The molecular formula is C21H36N6O7. The van der Waals surface area contributed by atoms with E-state index in [0.29, 0.717) is 6.54 Å². The minimum atomic E-state index is -0.777. The van der Waals surface area contributed by atoms with Crippen molar-refractivity contribution in [3.63, 3.8) is 0 Å². The van der Waals surface area contributed by atoms with E-state index in [4.69, 9.17) is 5.73 Å². The molecule has 34 heavy (non-hydrogen) atoms. The molecule has 0 spiro atoms. The number of carbonyl (C=O) groups is 6. The third kappa shape index (κ3) is 11.9. The summed E-state index contributed by atoms with van der Waals surface area (Å²) >= 11 is 0. The summed E-state index contributed by atoms with van der Waals surface area (Å²) in [5, 5.41) is 9.64. The van der Waals surface area contributed by atoms with Crippen LogP contribution in [0, 0.1) is 5.41 Å². The van der Waals surface area contributed by atoms with Gasteiger partial charge in [-0.1, -0.05) is 26.0 Å². The average Bonchev–Trinajstić information content (AvgIpc) is 2.81. The van der Waals surface area contributed by atoms with Gasteiger partial charge in [-0.15, -0.1) is 0 Å². The Morgan fingerprint density at radius 2 is 1.41 bits per heavy atom. The normalized spacial score (nSPS) is 11.9. The molecule has 13 heteroatoms. The maximum absolute atomic E-state index is 12.2. The van der Waals surface area contributed by atoms with Crippen LogP contribution in [0.5, 0.6) is 0 Å². The van der Waals surface area contributed by atoms with Crippen LogP contribution in [0.3, 0.4) is 0 Å². The fourth-order valence-electron chi connectivity index (χ4n) is 2.39. The van der Waals surface area contributed by atoms with Gasteiger partial charge in [-0.25, -0.2) is 0 Å². The smallest absolute Gasteiger partial charge is 0.325 e. The number of nitrogens with one attached hydrogen (secondary N) is 4. The first-order valence-electron chi connectivity index (χ1n) is 10.7. The van der Waals surface area contributed by atoms with Crippen LogP contribution >= 0.6 is 0 Å². The molecule has 192 valence electrons. The molecular weight excluding hydrogens is 448 g/mol. The van der Waals surface area contributed by atoms with Crippen LogP contribution in [0.15, 0.2) is 12.2 Å². The first kappa shape index (κ1) is 30.5. The average molecular weight is 485 g/mol. The predicted octanol–water partition coefficient (Wildman–Crippen LogP) is -2.60. The second-order valence-corrected chi connectivity index (χ2v) is 7.83. The lowest BCUT2D eigenvalue weighted by Gasteiger charge is -2.29. The Hall–Kier alpha value is -3.48. The van der Waals surface area contributed by atoms with E-state index in [1.165, 1.54) is 0 Å². The van der Waals surface area contributed by atoms with Crippen molar-refractivity contribution >= 4 is 35.5 Å². The largest absolute Gasteiger partial charge is 0.468 e. The molecule has 0 aromatic heterocycles. The monoisotopic (exact) mass is 484 g/mol. The second-order valence-electron chi connectivity index (χ2n) is 7.83. The molecule has 0 aliphatic heterocycles. The Balaban J connectivity index is 4.58. The van der Waals surface area contributed by atoms with E-state index >= 15 is 0 Å². The Kier molecular flexibility index (Phi) is 13.8. The van der Waals surface area contributed by atoms with E-state index < -0.39 is 61.7 Å². The molecule has 1 atom stereocenters. The van der Waals surface area contributed by atoms with E-state index in [9.17, 15) is 28.8 Å². The molecule has 0 bridgehead atoms. The molecule has 1 unspecified atom stereocenters. The summed E-state index contributed by atoms with van der Waals surface area (Å²) in [7, 11) is 1.11. The maximum atomic E-state index is 12.2. The number of hydrogen-bond acceptors (Lipinski definition) is 8. The topological polar surface area (TPSA) is 189 Å². The van der Waals surface area contributed by atoms with Crippen LogP contribution in [0.4, 0.5) is 0 Å². The van der Waals surface area contributed by atoms with Gasteiger partial charge in [0, 0.05) is 12.0 Å². The molecule has 0 aromatic carbocycles. The number of methoxy groups -OCH3 is 1. The Morgan fingerprint density at radius 3 is 1.91 bits per heavy atom. The highest BCUT2D eigenvalue weighted by molar-refractivity contribution is 5.92. The van der Waals surface area contributed by atoms with Gasteiger partial charge in [0.15, 0.2) is 0 Å². The van der Waals surface area contributed by atoms with Gasteiger partial charge < -0.3 is 36.6 Å². The summed E-state index contributed by atoms with van der Waals surface area (Å²) in [5.41, 5.74) is 5.82. The van der Waals surface area contributed by atoms with E-state index in [1.807, 2.05) is 20.8 Å². The van der Waals surface area contributed by atoms with E-state index in [1.54, 1.807) is 0 Å². The van der Waals surface area contributed by atoms with Crippen molar-refractivity contribution < 1.29 is 33.5 Å². The molecule has 0 aliphatic rings. The van der Waals surface area contributed by atoms with Crippen LogP contribution in [0.2, 0.25) is 0 Å². The highest BCUT2D eigenvalue weighted by Crippen LogP contribution is 2.27. The molecule has 6 N–H and O–H groups in total. The van der Waals surface area contributed by atoms with Crippen LogP contribution in [-0.2, 0) is 33.5 Å². The summed E-state index contributed by atoms with van der Waals surface area (Å²) in [6.45, 7) is 7.53. The maximum Gasteiger partial charge on any atom is 0.325 e. The highest BCUT2D eigenvalue weighted by Gasteiger charge is 2.24. The van der Waals surface area contributed by atoms with Crippen molar-refractivity contribution in [2.24, 2.45) is 11.1 Å². The van der Waals surface area contributed by atoms with Gasteiger partial charge >= 0.3 is 5.97 Å². The minimum absolute atomic E-state index is 0.256. The number of nitrogens with zero attached hydrogens (tertiary/aromatic N) is 1. The van der Waals surface area contributed by atoms with Crippen LogP contribution in [0.1, 0.15) is 27.2 Å². The summed E-state index contributed by atoms with van der Waals surface area (Å²) in [5.74, 6) is -3.84. The van der Waals surface area contributed by atoms with Crippen molar-refractivity contribution in [3.8, 4) is 0 Å². The van der Waals surface area contributed by atoms with Gasteiger partial charge in [-0.3, -0.25) is 28.8 Å². The number of hydrogen-bond donors (Lipinski definition) is 5. The quantitative estimate of drug-likeness (QED) is 0.124. The predicted molar refractivity (Wildman–Crippen MR) is 123 cm³/mol. The van der Waals surface area contributed by atoms with E-state index in [2.05, 4.69) is 32.6 Å². The minimum Gasteiger partial charge on any atom is -0.468 e. The number of amides is 5. The molecule has 0 aliphatic carbocycles. The molecule has 0 radical (unpaired) electrons. The third-order valence-corrected chi connectivity index (χ3v) is 5.24. The van der Waals surface area contributed by atoms with Crippen LogP contribution in [-0.4, -0.2) is 93.3 Å². The lowest BCUT2D eigenvalue weighted by molar-refractivity contribution is -0.148. The first-order valence-corrected chi connectivity index (χ1v) is 10.7. The highest BCUT2D eigenvalue weighted by atomic mass is 16.5. The number of ether oxygens (including phenoxy) is 1. The van der Waals surface area contributed by atoms with Crippen molar-refractivity contribution in [3.05, 3.63) is 12.2 Å². The van der Waals surface area contributed by atoms with Crippen LogP contribution in [0.25, 0.3) is 0 Å². The number of nitrogens with two attached hydrogens (primary N) is 1. The first-order chi connectivity index (χ1) is 15.9. The van der Waals surface area contributed by atoms with Crippen molar-refractivity contribution in [1.82, 2.24) is 26.2 Å². The fourth-order valence-corrected chi connectivity index (χ4v) is 2.39. The SMILES string of the molecule is C=C(C)C(C)(CC)CNC(=O)CNC(=O)CNC(=O)CN(CC(=O)OC)C(=O)CNC(=O)CN. The van der Waals surface area contributed by atoms with Gasteiger partial charge in [0.05, 0.1) is 33.3 Å². The molecule has 0 saturated carbocycles.